The summed E-state index contributed by atoms with van der Waals surface area (Å²) < 4.78 is 11.3. The summed E-state index contributed by atoms with van der Waals surface area (Å²) >= 11 is 3.46. The number of halogens is 1. The first-order valence-corrected chi connectivity index (χ1v) is 9.16. The Kier molecular flexibility index (Phi) is 7.59. The lowest BCUT2D eigenvalue weighted by Gasteiger charge is -2.12. The molecule has 3 rings (SSSR count). The normalized spacial score (nSPS) is 10.2. The molecule has 0 radical (unpaired) electrons. The van der Waals surface area contributed by atoms with Crippen LogP contribution in [0.25, 0.3) is 0 Å². The highest BCUT2D eigenvalue weighted by Crippen LogP contribution is 2.29. The van der Waals surface area contributed by atoms with Gasteiger partial charge in [-0.3, -0.25) is 0 Å². The number of methoxy groups -OCH3 is 1. The van der Waals surface area contributed by atoms with Crippen molar-refractivity contribution in [3.63, 3.8) is 0 Å². The Labute approximate surface area is 156 Å². The van der Waals surface area contributed by atoms with E-state index in [9.17, 15) is 0 Å². The van der Waals surface area contributed by atoms with Gasteiger partial charge in [-0.25, -0.2) is 0 Å². The molecule has 3 nitrogen and oxygen atoms in total. The topological polar surface area (TPSA) is 30.5 Å². The van der Waals surface area contributed by atoms with Gasteiger partial charge in [0.15, 0.2) is 11.5 Å². The van der Waals surface area contributed by atoms with E-state index in [0.29, 0.717) is 6.61 Å². The maximum atomic E-state index is 5.86. The molecule has 2 aromatic heterocycles. The SMILES string of the molecule is COc1cc(CNCc2cccs2)ccc1OCc1cccs1.Cl. The Hall–Kier alpha value is -1.53. The zero-order valence-electron chi connectivity index (χ0n) is 13.4. The molecule has 0 amide bonds. The summed E-state index contributed by atoms with van der Waals surface area (Å²) in [6.07, 6.45) is 0. The van der Waals surface area contributed by atoms with Gasteiger partial charge in [-0.2, -0.15) is 0 Å². The highest BCUT2D eigenvalue weighted by Gasteiger charge is 2.07. The van der Waals surface area contributed by atoms with Crippen molar-refractivity contribution in [1.82, 2.24) is 5.32 Å². The fourth-order valence-corrected chi connectivity index (χ4v) is 3.52. The predicted molar refractivity (Wildman–Crippen MR) is 104 cm³/mol. The molecular formula is C18H20ClNO2S2. The molecule has 0 spiro atoms. The number of nitrogens with one attached hydrogen (secondary N) is 1. The van der Waals surface area contributed by atoms with Crippen molar-refractivity contribution in [1.29, 1.82) is 0 Å². The molecule has 128 valence electrons. The minimum absolute atomic E-state index is 0. The molecule has 1 N–H and O–H groups in total. The summed E-state index contributed by atoms with van der Waals surface area (Å²) in [5, 5.41) is 7.60. The van der Waals surface area contributed by atoms with E-state index in [4.69, 9.17) is 9.47 Å². The molecule has 0 bridgehead atoms. The van der Waals surface area contributed by atoms with Crippen molar-refractivity contribution in [2.45, 2.75) is 19.7 Å². The van der Waals surface area contributed by atoms with Gasteiger partial charge < -0.3 is 14.8 Å². The molecule has 0 saturated carbocycles. The summed E-state index contributed by atoms with van der Waals surface area (Å²) in [5.41, 5.74) is 1.18. The van der Waals surface area contributed by atoms with E-state index in [1.807, 2.05) is 18.2 Å². The molecular weight excluding hydrogens is 362 g/mol. The largest absolute Gasteiger partial charge is 0.493 e. The molecule has 6 heteroatoms. The zero-order chi connectivity index (χ0) is 15.9. The minimum Gasteiger partial charge on any atom is -0.493 e. The van der Waals surface area contributed by atoms with Gasteiger partial charge in [0.05, 0.1) is 7.11 Å². The lowest BCUT2D eigenvalue weighted by molar-refractivity contribution is 0.287. The van der Waals surface area contributed by atoms with Crippen molar-refractivity contribution in [2.75, 3.05) is 7.11 Å². The first-order chi connectivity index (χ1) is 11.3. The van der Waals surface area contributed by atoms with Crippen LogP contribution in [0.1, 0.15) is 15.3 Å². The lowest BCUT2D eigenvalue weighted by atomic mass is 10.2. The van der Waals surface area contributed by atoms with Crippen LogP contribution in [0.3, 0.4) is 0 Å². The molecule has 3 aromatic rings. The monoisotopic (exact) mass is 381 g/mol. The van der Waals surface area contributed by atoms with Crippen molar-refractivity contribution in [3.8, 4) is 11.5 Å². The Morgan fingerprint density at radius 2 is 1.67 bits per heavy atom. The van der Waals surface area contributed by atoms with Crippen LogP contribution in [0.5, 0.6) is 11.5 Å². The number of ether oxygens (including phenoxy) is 2. The van der Waals surface area contributed by atoms with E-state index >= 15 is 0 Å². The van der Waals surface area contributed by atoms with E-state index in [2.05, 4.69) is 40.3 Å². The van der Waals surface area contributed by atoms with Gasteiger partial charge in [0.1, 0.15) is 6.61 Å². The van der Waals surface area contributed by atoms with Gasteiger partial charge in [0, 0.05) is 22.8 Å². The minimum atomic E-state index is 0. The molecule has 0 atom stereocenters. The van der Waals surface area contributed by atoms with Gasteiger partial charge in [-0.1, -0.05) is 18.2 Å². The van der Waals surface area contributed by atoms with Crippen LogP contribution in [0.4, 0.5) is 0 Å². The molecule has 0 saturated heterocycles. The summed E-state index contributed by atoms with van der Waals surface area (Å²) in [6, 6.07) is 14.4. The van der Waals surface area contributed by atoms with Crippen LogP contribution in [0.2, 0.25) is 0 Å². The fourth-order valence-electron chi connectivity index (χ4n) is 2.23. The number of rotatable bonds is 8. The van der Waals surface area contributed by atoms with Crippen LogP contribution < -0.4 is 14.8 Å². The molecule has 24 heavy (non-hydrogen) atoms. The number of hydrogen-bond acceptors (Lipinski definition) is 5. The predicted octanol–water partition coefficient (Wildman–Crippen LogP) is 5.11. The average molecular weight is 382 g/mol. The smallest absolute Gasteiger partial charge is 0.161 e. The molecule has 0 aliphatic rings. The van der Waals surface area contributed by atoms with Crippen LogP contribution >= 0.6 is 35.1 Å². The first-order valence-electron chi connectivity index (χ1n) is 7.40. The highest BCUT2D eigenvalue weighted by molar-refractivity contribution is 7.10. The first kappa shape index (κ1) is 18.8. The zero-order valence-corrected chi connectivity index (χ0v) is 15.8. The molecule has 2 heterocycles. The van der Waals surface area contributed by atoms with Crippen molar-refractivity contribution >= 4 is 35.1 Å². The Balaban J connectivity index is 0.00000208. The van der Waals surface area contributed by atoms with Gasteiger partial charge in [-0.15, -0.1) is 35.1 Å². The van der Waals surface area contributed by atoms with Crippen molar-refractivity contribution < 1.29 is 9.47 Å². The molecule has 0 unspecified atom stereocenters. The Morgan fingerprint density at radius 3 is 2.33 bits per heavy atom. The summed E-state index contributed by atoms with van der Waals surface area (Å²) in [5.74, 6) is 1.56. The van der Waals surface area contributed by atoms with Crippen molar-refractivity contribution in [2.24, 2.45) is 0 Å². The quantitative estimate of drug-likeness (QED) is 0.588. The van der Waals surface area contributed by atoms with Gasteiger partial charge >= 0.3 is 0 Å². The molecule has 0 aliphatic carbocycles. The van der Waals surface area contributed by atoms with Gasteiger partial charge in [0.25, 0.3) is 0 Å². The number of thiophene rings is 2. The lowest BCUT2D eigenvalue weighted by Crippen LogP contribution is -2.11. The van der Waals surface area contributed by atoms with E-state index in [-0.39, 0.29) is 12.4 Å². The van der Waals surface area contributed by atoms with Crippen LogP contribution in [0, 0.1) is 0 Å². The maximum absolute atomic E-state index is 5.86. The van der Waals surface area contributed by atoms with Crippen LogP contribution in [-0.2, 0) is 19.7 Å². The second-order valence-corrected chi connectivity index (χ2v) is 7.10. The van der Waals surface area contributed by atoms with Gasteiger partial charge in [-0.05, 0) is 40.6 Å². The molecule has 0 aliphatic heterocycles. The maximum Gasteiger partial charge on any atom is 0.161 e. The van der Waals surface area contributed by atoms with E-state index in [1.54, 1.807) is 29.8 Å². The van der Waals surface area contributed by atoms with E-state index < -0.39 is 0 Å². The summed E-state index contributed by atoms with van der Waals surface area (Å²) in [6.45, 7) is 2.26. The molecule has 0 fully saturated rings. The van der Waals surface area contributed by atoms with Crippen LogP contribution in [0.15, 0.2) is 53.2 Å². The third-order valence-electron chi connectivity index (χ3n) is 3.39. The third-order valence-corrected chi connectivity index (χ3v) is 5.11. The van der Waals surface area contributed by atoms with Crippen LogP contribution in [-0.4, -0.2) is 7.11 Å². The summed E-state index contributed by atoms with van der Waals surface area (Å²) in [4.78, 5) is 2.54. The average Bonchev–Trinajstić information content (AvgIpc) is 3.27. The Morgan fingerprint density at radius 1 is 0.917 bits per heavy atom. The number of benzene rings is 1. The number of hydrogen-bond donors (Lipinski definition) is 1. The standard InChI is InChI=1S/C18H19NO2S2.ClH/c1-20-18-10-14(11-19-12-15-4-2-8-22-15)6-7-17(18)21-13-16-5-3-9-23-16;/h2-10,19H,11-13H2,1H3;1H. The van der Waals surface area contributed by atoms with Gasteiger partial charge in [0.2, 0.25) is 0 Å². The second kappa shape index (κ2) is 9.69. The highest BCUT2D eigenvalue weighted by atomic mass is 35.5. The second-order valence-electron chi connectivity index (χ2n) is 5.04. The van der Waals surface area contributed by atoms with Crippen molar-refractivity contribution in [3.05, 3.63) is 68.5 Å². The third kappa shape index (κ3) is 5.24. The fraction of sp³-hybridized carbons (Fsp3) is 0.222. The Bertz CT molecular complexity index is 715. The van der Waals surface area contributed by atoms with E-state index in [1.165, 1.54) is 15.3 Å². The molecule has 1 aromatic carbocycles. The van der Waals surface area contributed by atoms with E-state index in [0.717, 1.165) is 24.6 Å². The summed E-state index contributed by atoms with van der Waals surface area (Å²) in [7, 11) is 1.68.